The Bertz CT molecular complexity index is 519. The van der Waals surface area contributed by atoms with Crippen molar-refractivity contribution in [1.82, 2.24) is 14.8 Å². The summed E-state index contributed by atoms with van der Waals surface area (Å²) in [7, 11) is 0. The van der Waals surface area contributed by atoms with Gasteiger partial charge in [0.15, 0.2) is 5.65 Å². The lowest BCUT2D eigenvalue weighted by atomic mass is 10.2. The lowest BCUT2D eigenvalue weighted by molar-refractivity contribution is 0.0699. The van der Waals surface area contributed by atoms with Gasteiger partial charge in [-0.1, -0.05) is 13.3 Å². The molecular weight excluding hydrogens is 206 g/mol. The monoisotopic (exact) mass is 219 g/mol. The van der Waals surface area contributed by atoms with E-state index in [9.17, 15) is 4.79 Å². The van der Waals surface area contributed by atoms with Crippen LogP contribution in [0.5, 0.6) is 0 Å². The molecule has 5 heteroatoms. The van der Waals surface area contributed by atoms with Gasteiger partial charge in [-0.25, -0.2) is 14.5 Å². The Hall–Kier alpha value is -1.91. The van der Waals surface area contributed by atoms with E-state index in [0.29, 0.717) is 11.0 Å². The third-order valence-electron chi connectivity index (χ3n) is 2.49. The van der Waals surface area contributed by atoms with Crippen molar-refractivity contribution >= 4 is 17.0 Å². The average Bonchev–Trinajstić information content (AvgIpc) is 2.69. The van der Waals surface area contributed by atoms with Crippen LogP contribution in [0.3, 0.4) is 0 Å². The van der Waals surface area contributed by atoms with Crippen LogP contribution in [0.25, 0.3) is 11.0 Å². The summed E-state index contributed by atoms with van der Waals surface area (Å²) in [5.41, 5.74) is 0.904. The zero-order chi connectivity index (χ0) is 11.5. The van der Waals surface area contributed by atoms with Crippen LogP contribution in [0.2, 0.25) is 0 Å². The molecule has 0 atom stereocenters. The van der Waals surface area contributed by atoms with E-state index in [1.165, 1.54) is 12.3 Å². The molecule has 2 heterocycles. The number of aromatic nitrogens is 3. The number of hydrogen-bond acceptors (Lipinski definition) is 3. The van der Waals surface area contributed by atoms with E-state index in [1.54, 1.807) is 10.9 Å². The molecule has 0 saturated carbocycles. The normalized spacial score (nSPS) is 10.8. The van der Waals surface area contributed by atoms with Crippen molar-refractivity contribution in [3.05, 3.63) is 24.0 Å². The van der Waals surface area contributed by atoms with Crippen molar-refractivity contribution in [3.8, 4) is 0 Å². The molecule has 2 aromatic rings. The molecule has 0 aromatic carbocycles. The molecule has 0 spiro atoms. The second-order valence-corrected chi connectivity index (χ2v) is 3.62. The Labute approximate surface area is 92.7 Å². The van der Waals surface area contributed by atoms with E-state index >= 15 is 0 Å². The van der Waals surface area contributed by atoms with Gasteiger partial charge in [-0.2, -0.15) is 5.10 Å². The Morgan fingerprint density at radius 1 is 1.56 bits per heavy atom. The molecule has 16 heavy (non-hydrogen) atoms. The molecule has 0 unspecified atom stereocenters. The number of hydrogen-bond donors (Lipinski definition) is 1. The number of nitrogens with zero attached hydrogens (tertiary/aromatic N) is 3. The van der Waals surface area contributed by atoms with E-state index in [-0.39, 0.29) is 5.56 Å². The summed E-state index contributed by atoms with van der Waals surface area (Å²) in [5, 5.41) is 13.8. The van der Waals surface area contributed by atoms with Crippen molar-refractivity contribution < 1.29 is 9.90 Å². The maximum absolute atomic E-state index is 11.0. The highest BCUT2D eigenvalue weighted by Crippen LogP contribution is 2.16. The molecule has 2 aromatic heterocycles. The van der Waals surface area contributed by atoms with Crippen molar-refractivity contribution in [2.45, 2.75) is 26.3 Å². The van der Waals surface area contributed by atoms with E-state index in [2.05, 4.69) is 17.0 Å². The van der Waals surface area contributed by atoms with Gasteiger partial charge < -0.3 is 5.11 Å². The first-order valence-corrected chi connectivity index (χ1v) is 5.28. The molecule has 0 saturated heterocycles. The quantitative estimate of drug-likeness (QED) is 0.853. The van der Waals surface area contributed by atoms with Crippen molar-refractivity contribution in [2.75, 3.05) is 0 Å². The number of carbonyl (C=O) groups is 1. The summed E-state index contributed by atoms with van der Waals surface area (Å²) < 4.78 is 1.76. The maximum atomic E-state index is 11.0. The Balaban J connectivity index is 2.48. The van der Waals surface area contributed by atoms with Crippen LogP contribution in [-0.4, -0.2) is 25.8 Å². The predicted molar refractivity (Wildman–Crippen MR) is 59.4 cm³/mol. The summed E-state index contributed by atoms with van der Waals surface area (Å²) in [6.07, 6.45) is 5.16. The van der Waals surface area contributed by atoms with Crippen LogP contribution < -0.4 is 0 Å². The number of unbranched alkanes of at least 4 members (excludes halogenated alkanes) is 1. The molecule has 1 N–H and O–H groups in total. The van der Waals surface area contributed by atoms with Crippen LogP contribution in [0.4, 0.5) is 0 Å². The first-order chi connectivity index (χ1) is 7.74. The van der Waals surface area contributed by atoms with Crippen molar-refractivity contribution in [3.63, 3.8) is 0 Å². The zero-order valence-electron chi connectivity index (χ0n) is 9.05. The second kappa shape index (κ2) is 4.30. The smallest absolute Gasteiger partial charge is 0.336 e. The van der Waals surface area contributed by atoms with E-state index in [4.69, 9.17) is 5.11 Å². The summed E-state index contributed by atoms with van der Waals surface area (Å²) in [6, 6.07) is 1.50. The number of carboxylic acids is 1. The fourth-order valence-corrected chi connectivity index (χ4v) is 1.64. The van der Waals surface area contributed by atoms with Crippen LogP contribution in [0.1, 0.15) is 30.1 Å². The van der Waals surface area contributed by atoms with Crippen LogP contribution in [-0.2, 0) is 6.54 Å². The highest BCUT2D eigenvalue weighted by atomic mass is 16.4. The van der Waals surface area contributed by atoms with Crippen LogP contribution >= 0.6 is 0 Å². The minimum absolute atomic E-state index is 0.257. The van der Waals surface area contributed by atoms with Crippen LogP contribution in [0, 0.1) is 0 Å². The number of aromatic carboxylic acids is 1. The lowest BCUT2D eigenvalue weighted by Crippen LogP contribution is -2.02. The highest BCUT2D eigenvalue weighted by molar-refractivity contribution is 6.01. The van der Waals surface area contributed by atoms with Gasteiger partial charge >= 0.3 is 5.97 Å². The Morgan fingerprint density at radius 3 is 3.06 bits per heavy atom. The molecule has 5 nitrogen and oxygen atoms in total. The number of aryl methyl sites for hydroxylation is 1. The van der Waals surface area contributed by atoms with Gasteiger partial charge in [0, 0.05) is 12.7 Å². The molecule has 84 valence electrons. The minimum atomic E-state index is -0.942. The number of pyridine rings is 1. The van der Waals surface area contributed by atoms with Gasteiger partial charge in [-0.05, 0) is 12.5 Å². The lowest BCUT2D eigenvalue weighted by Gasteiger charge is -2.01. The fourth-order valence-electron chi connectivity index (χ4n) is 1.64. The van der Waals surface area contributed by atoms with E-state index in [1.807, 2.05) is 0 Å². The summed E-state index contributed by atoms with van der Waals surface area (Å²) >= 11 is 0. The third kappa shape index (κ3) is 1.76. The predicted octanol–water partition coefficient (Wildman–Crippen LogP) is 1.93. The zero-order valence-corrected chi connectivity index (χ0v) is 9.05. The molecule has 0 bridgehead atoms. The Kier molecular flexibility index (Phi) is 2.85. The number of rotatable bonds is 4. The standard InChI is InChI=1S/C11H13N3O2/c1-2-3-6-14-10-9(7-13-14)8(11(15)16)4-5-12-10/h4-5,7H,2-3,6H2,1H3,(H,15,16). The maximum Gasteiger partial charge on any atom is 0.336 e. The summed E-state index contributed by atoms with van der Waals surface area (Å²) in [4.78, 5) is 15.1. The number of carboxylic acid groups (broad SMARTS) is 1. The average molecular weight is 219 g/mol. The highest BCUT2D eigenvalue weighted by Gasteiger charge is 2.12. The van der Waals surface area contributed by atoms with Gasteiger partial charge in [0.2, 0.25) is 0 Å². The molecule has 0 fully saturated rings. The molecule has 2 rings (SSSR count). The van der Waals surface area contributed by atoms with Crippen molar-refractivity contribution in [1.29, 1.82) is 0 Å². The molecular formula is C11H13N3O2. The molecule has 0 aliphatic carbocycles. The fraction of sp³-hybridized carbons (Fsp3) is 0.364. The van der Waals surface area contributed by atoms with E-state index in [0.717, 1.165) is 19.4 Å². The minimum Gasteiger partial charge on any atom is -0.478 e. The topological polar surface area (TPSA) is 68.0 Å². The van der Waals surface area contributed by atoms with Gasteiger partial charge in [0.25, 0.3) is 0 Å². The van der Waals surface area contributed by atoms with Gasteiger partial charge in [-0.3, -0.25) is 0 Å². The molecule has 0 amide bonds. The Morgan fingerprint density at radius 2 is 2.38 bits per heavy atom. The largest absolute Gasteiger partial charge is 0.478 e. The van der Waals surface area contributed by atoms with Gasteiger partial charge in [0.1, 0.15) is 0 Å². The van der Waals surface area contributed by atoms with Crippen molar-refractivity contribution in [2.24, 2.45) is 0 Å². The SMILES string of the molecule is CCCCn1ncc2c(C(=O)O)ccnc21. The molecule has 0 aliphatic rings. The molecule has 0 aliphatic heterocycles. The third-order valence-corrected chi connectivity index (χ3v) is 2.49. The first kappa shape index (κ1) is 10.6. The van der Waals surface area contributed by atoms with Gasteiger partial charge in [-0.15, -0.1) is 0 Å². The van der Waals surface area contributed by atoms with Crippen LogP contribution in [0.15, 0.2) is 18.5 Å². The van der Waals surface area contributed by atoms with E-state index < -0.39 is 5.97 Å². The summed E-state index contributed by atoms with van der Waals surface area (Å²) in [5.74, 6) is -0.942. The molecule has 0 radical (unpaired) electrons. The van der Waals surface area contributed by atoms with Gasteiger partial charge in [0.05, 0.1) is 17.1 Å². The summed E-state index contributed by atoms with van der Waals surface area (Å²) in [6.45, 7) is 2.87. The second-order valence-electron chi connectivity index (χ2n) is 3.62. The first-order valence-electron chi connectivity index (χ1n) is 5.28. The number of fused-ring (bicyclic) bond motifs is 1.